The molecule has 0 aliphatic carbocycles. The highest BCUT2D eigenvalue weighted by atomic mass is 16.5. The Labute approximate surface area is 127 Å². The van der Waals surface area contributed by atoms with Crippen LogP contribution in [-0.4, -0.2) is 0 Å². The van der Waals surface area contributed by atoms with Crippen LogP contribution in [0.2, 0.25) is 0 Å². The monoisotopic (exact) mass is 278 g/mol. The second-order valence-electron chi connectivity index (χ2n) is 5.11. The fourth-order valence-corrected chi connectivity index (χ4v) is 2.09. The summed E-state index contributed by atoms with van der Waals surface area (Å²) in [7, 11) is 0. The molecule has 0 bridgehead atoms. The SMILES string of the molecule is CC(=CCc1ccccc1)OC(C)=CCc1ccccc1. The van der Waals surface area contributed by atoms with Crippen LogP contribution in [0.1, 0.15) is 25.0 Å². The van der Waals surface area contributed by atoms with Crippen molar-refractivity contribution in [1.82, 2.24) is 0 Å². The number of benzene rings is 2. The van der Waals surface area contributed by atoms with Crippen molar-refractivity contribution in [2.75, 3.05) is 0 Å². The van der Waals surface area contributed by atoms with Crippen LogP contribution in [0.5, 0.6) is 0 Å². The lowest BCUT2D eigenvalue weighted by molar-refractivity contribution is 0.306. The molecule has 2 aromatic carbocycles. The molecule has 0 N–H and O–H groups in total. The van der Waals surface area contributed by atoms with Gasteiger partial charge in [-0.15, -0.1) is 0 Å². The molecule has 2 aromatic rings. The number of hydrogen-bond acceptors (Lipinski definition) is 1. The molecule has 1 nitrogen and oxygen atoms in total. The Hall–Kier alpha value is -2.28. The summed E-state index contributed by atoms with van der Waals surface area (Å²) in [6.07, 6.45) is 6.04. The molecular weight excluding hydrogens is 256 g/mol. The number of allylic oxidation sites excluding steroid dienone is 4. The maximum atomic E-state index is 5.82. The van der Waals surface area contributed by atoms with Crippen molar-refractivity contribution in [2.45, 2.75) is 26.7 Å². The summed E-state index contributed by atoms with van der Waals surface area (Å²) >= 11 is 0. The van der Waals surface area contributed by atoms with E-state index in [2.05, 4.69) is 60.7 Å². The van der Waals surface area contributed by atoms with Crippen molar-refractivity contribution in [2.24, 2.45) is 0 Å². The maximum Gasteiger partial charge on any atom is 0.0968 e. The lowest BCUT2D eigenvalue weighted by Gasteiger charge is -2.06. The Kier molecular flexibility index (Phi) is 5.83. The highest BCUT2D eigenvalue weighted by Gasteiger charge is 1.95. The Morgan fingerprint density at radius 1 is 0.714 bits per heavy atom. The van der Waals surface area contributed by atoms with Gasteiger partial charge in [-0.05, 0) is 50.0 Å². The normalized spacial score (nSPS) is 12.3. The summed E-state index contributed by atoms with van der Waals surface area (Å²) in [5, 5.41) is 0. The Bertz CT molecular complexity index is 539. The van der Waals surface area contributed by atoms with E-state index in [1.807, 2.05) is 26.0 Å². The van der Waals surface area contributed by atoms with E-state index in [1.54, 1.807) is 0 Å². The fourth-order valence-electron chi connectivity index (χ4n) is 2.09. The highest BCUT2D eigenvalue weighted by molar-refractivity contribution is 5.19. The van der Waals surface area contributed by atoms with E-state index in [1.165, 1.54) is 11.1 Å². The van der Waals surface area contributed by atoms with Crippen molar-refractivity contribution < 1.29 is 4.74 Å². The molecule has 0 spiro atoms. The van der Waals surface area contributed by atoms with E-state index >= 15 is 0 Å². The molecular formula is C20H22O. The molecule has 0 saturated carbocycles. The molecule has 21 heavy (non-hydrogen) atoms. The minimum atomic E-state index is 0.901. The summed E-state index contributed by atoms with van der Waals surface area (Å²) in [6, 6.07) is 20.8. The van der Waals surface area contributed by atoms with Gasteiger partial charge in [0.1, 0.15) is 0 Å². The topological polar surface area (TPSA) is 9.23 Å². The molecule has 0 amide bonds. The van der Waals surface area contributed by atoms with Gasteiger partial charge in [-0.1, -0.05) is 60.7 Å². The van der Waals surface area contributed by atoms with E-state index in [-0.39, 0.29) is 0 Å². The van der Waals surface area contributed by atoms with E-state index in [0.717, 1.165) is 24.4 Å². The molecule has 0 saturated heterocycles. The number of rotatable bonds is 6. The zero-order chi connectivity index (χ0) is 14.9. The van der Waals surface area contributed by atoms with Gasteiger partial charge in [0.15, 0.2) is 0 Å². The Balaban J connectivity index is 1.85. The maximum absolute atomic E-state index is 5.82. The van der Waals surface area contributed by atoms with Crippen molar-refractivity contribution >= 4 is 0 Å². The molecule has 2 rings (SSSR count). The third kappa shape index (κ3) is 5.70. The smallest absolute Gasteiger partial charge is 0.0968 e. The van der Waals surface area contributed by atoms with Crippen LogP contribution >= 0.6 is 0 Å². The van der Waals surface area contributed by atoms with Gasteiger partial charge in [0.05, 0.1) is 11.5 Å². The van der Waals surface area contributed by atoms with Gasteiger partial charge in [-0.3, -0.25) is 0 Å². The quantitative estimate of drug-likeness (QED) is 0.652. The number of hydrogen-bond donors (Lipinski definition) is 0. The molecule has 1 heteroatoms. The molecule has 0 fully saturated rings. The molecule has 108 valence electrons. The standard InChI is InChI=1S/C20H22O/c1-17(13-15-19-9-5-3-6-10-19)21-18(2)14-16-20-11-7-4-8-12-20/h3-14H,15-16H2,1-2H3. The van der Waals surface area contributed by atoms with E-state index in [4.69, 9.17) is 4.74 Å². The van der Waals surface area contributed by atoms with Gasteiger partial charge in [0.25, 0.3) is 0 Å². The summed E-state index contributed by atoms with van der Waals surface area (Å²) in [4.78, 5) is 0. The van der Waals surface area contributed by atoms with Crippen LogP contribution in [0.4, 0.5) is 0 Å². The van der Waals surface area contributed by atoms with Crippen molar-refractivity contribution in [1.29, 1.82) is 0 Å². The second-order valence-corrected chi connectivity index (χ2v) is 5.11. The first kappa shape index (κ1) is 15.1. The largest absolute Gasteiger partial charge is 0.467 e. The van der Waals surface area contributed by atoms with Crippen LogP contribution in [0.15, 0.2) is 84.3 Å². The van der Waals surface area contributed by atoms with E-state index in [9.17, 15) is 0 Å². The van der Waals surface area contributed by atoms with Gasteiger partial charge in [-0.25, -0.2) is 0 Å². The average Bonchev–Trinajstić information content (AvgIpc) is 2.53. The third-order valence-corrected chi connectivity index (χ3v) is 3.26. The van der Waals surface area contributed by atoms with Crippen LogP contribution in [0, 0.1) is 0 Å². The van der Waals surface area contributed by atoms with Gasteiger partial charge in [0.2, 0.25) is 0 Å². The average molecular weight is 278 g/mol. The molecule has 0 unspecified atom stereocenters. The number of ether oxygens (including phenoxy) is 1. The minimum absolute atomic E-state index is 0.901. The zero-order valence-electron chi connectivity index (χ0n) is 12.8. The summed E-state index contributed by atoms with van der Waals surface area (Å²) in [5.74, 6) is 1.89. The summed E-state index contributed by atoms with van der Waals surface area (Å²) in [5.41, 5.74) is 2.60. The van der Waals surface area contributed by atoms with Crippen LogP contribution < -0.4 is 0 Å². The lowest BCUT2D eigenvalue weighted by Crippen LogP contribution is -1.90. The second kappa shape index (κ2) is 8.11. The molecule has 0 heterocycles. The first-order valence-corrected chi connectivity index (χ1v) is 7.33. The fraction of sp³-hybridized carbons (Fsp3) is 0.200. The highest BCUT2D eigenvalue weighted by Crippen LogP contribution is 2.10. The van der Waals surface area contributed by atoms with Crippen LogP contribution in [0.25, 0.3) is 0 Å². The van der Waals surface area contributed by atoms with E-state index in [0.29, 0.717) is 0 Å². The first-order chi connectivity index (χ1) is 10.2. The van der Waals surface area contributed by atoms with Crippen molar-refractivity contribution in [3.63, 3.8) is 0 Å². The minimum Gasteiger partial charge on any atom is -0.467 e. The molecule has 0 radical (unpaired) electrons. The van der Waals surface area contributed by atoms with E-state index < -0.39 is 0 Å². The Morgan fingerprint density at radius 2 is 1.10 bits per heavy atom. The Morgan fingerprint density at radius 3 is 1.48 bits per heavy atom. The van der Waals surface area contributed by atoms with Crippen molar-refractivity contribution in [3.8, 4) is 0 Å². The van der Waals surface area contributed by atoms with Gasteiger partial charge < -0.3 is 4.74 Å². The van der Waals surface area contributed by atoms with Crippen LogP contribution in [0.3, 0.4) is 0 Å². The molecule has 0 aliphatic heterocycles. The van der Waals surface area contributed by atoms with Crippen molar-refractivity contribution in [3.05, 3.63) is 95.5 Å². The third-order valence-electron chi connectivity index (χ3n) is 3.26. The van der Waals surface area contributed by atoms with Gasteiger partial charge in [-0.2, -0.15) is 0 Å². The molecule has 0 atom stereocenters. The molecule has 0 aromatic heterocycles. The zero-order valence-corrected chi connectivity index (χ0v) is 12.8. The lowest BCUT2D eigenvalue weighted by atomic mass is 10.1. The summed E-state index contributed by atoms with van der Waals surface area (Å²) < 4.78 is 5.82. The van der Waals surface area contributed by atoms with Crippen LogP contribution in [-0.2, 0) is 17.6 Å². The van der Waals surface area contributed by atoms with Gasteiger partial charge in [0, 0.05) is 0 Å². The molecule has 0 aliphatic rings. The predicted molar refractivity (Wildman–Crippen MR) is 88.9 cm³/mol. The van der Waals surface area contributed by atoms with Gasteiger partial charge >= 0.3 is 0 Å². The predicted octanol–water partition coefficient (Wildman–Crippen LogP) is 5.30. The summed E-state index contributed by atoms with van der Waals surface area (Å²) in [6.45, 7) is 4.01. The first-order valence-electron chi connectivity index (χ1n) is 7.33.